The third kappa shape index (κ3) is 5.21. The lowest BCUT2D eigenvalue weighted by Crippen LogP contribution is -2.14. The van der Waals surface area contributed by atoms with E-state index in [9.17, 15) is 18.0 Å². The van der Waals surface area contributed by atoms with E-state index < -0.39 is 17.6 Å². The number of nitrogens with two attached hydrogens (primary N) is 1. The second-order valence-electron chi connectivity index (χ2n) is 6.80. The first-order chi connectivity index (χ1) is 16.2. The molecule has 4 aromatic rings. The van der Waals surface area contributed by atoms with Crippen molar-refractivity contribution < 1.29 is 22.7 Å². The fourth-order valence-electron chi connectivity index (χ4n) is 2.89. The fraction of sp³-hybridized carbons (Fsp3) is 0.0455. The van der Waals surface area contributed by atoms with Crippen molar-refractivity contribution in [3.8, 4) is 23.0 Å². The molecule has 0 unspecified atom stereocenters. The summed E-state index contributed by atoms with van der Waals surface area (Å²) in [4.78, 5) is 28.6. The number of rotatable bonds is 5. The summed E-state index contributed by atoms with van der Waals surface area (Å²) < 4.78 is 44.7. The van der Waals surface area contributed by atoms with Crippen molar-refractivity contribution in [1.82, 2.24) is 19.9 Å². The summed E-state index contributed by atoms with van der Waals surface area (Å²) >= 11 is 6.17. The zero-order chi connectivity index (χ0) is 24.3. The van der Waals surface area contributed by atoms with Crippen molar-refractivity contribution in [3.63, 3.8) is 0 Å². The first-order valence-electron chi connectivity index (χ1n) is 9.56. The van der Waals surface area contributed by atoms with Gasteiger partial charge in [-0.05, 0) is 42.5 Å². The molecule has 3 N–H and O–H groups in total. The summed E-state index contributed by atoms with van der Waals surface area (Å²) in [5, 5.41) is 2.65. The molecule has 0 radical (unpaired) electrons. The highest BCUT2D eigenvalue weighted by Gasteiger charge is 2.31. The van der Waals surface area contributed by atoms with Crippen LogP contribution in [0.5, 0.6) is 11.6 Å². The number of ether oxygens (including phenoxy) is 1. The lowest BCUT2D eigenvalue weighted by Gasteiger charge is -2.13. The standard InChI is InChI=1S/C22H14ClF3N6O2/c23-16-7-6-14(34-20-15(5-2-8-28-20)18-29-11-30-21(27)32-18)10-17(16)31-19(33)12-3-1-4-13(9-12)22(24,25)26/h1-11H,(H,31,33)(H2,27,29,30,32). The summed E-state index contributed by atoms with van der Waals surface area (Å²) in [6.07, 6.45) is -1.83. The van der Waals surface area contributed by atoms with E-state index in [0.29, 0.717) is 5.56 Å². The van der Waals surface area contributed by atoms with Gasteiger partial charge in [0, 0.05) is 17.8 Å². The van der Waals surface area contributed by atoms with Crippen molar-refractivity contribution in [2.24, 2.45) is 0 Å². The SMILES string of the molecule is Nc1ncnc(-c2cccnc2Oc2ccc(Cl)c(NC(=O)c3cccc(C(F)(F)F)c3)c2)n1. The van der Waals surface area contributed by atoms with Crippen molar-refractivity contribution in [2.75, 3.05) is 11.1 Å². The zero-order valence-corrected chi connectivity index (χ0v) is 17.8. The maximum Gasteiger partial charge on any atom is 0.416 e. The number of nitrogens with one attached hydrogen (secondary N) is 1. The molecule has 2 heterocycles. The van der Waals surface area contributed by atoms with Crippen LogP contribution in [0.15, 0.2) is 67.1 Å². The topological polar surface area (TPSA) is 116 Å². The summed E-state index contributed by atoms with van der Waals surface area (Å²) in [5.74, 6) is -0.130. The number of anilines is 2. The number of hydrogen-bond donors (Lipinski definition) is 2. The van der Waals surface area contributed by atoms with E-state index in [0.717, 1.165) is 18.2 Å². The molecule has 0 saturated carbocycles. The van der Waals surface area contributed by atoms with Gasteiger partial charge < -0.3 is 15.8 Å². The van der Waals surface area contributed by atoms with Gasteiger partial charge >= 0.3 is 6.18 Å². The van der Waals surface area contributed by atoms with Crippen LogP contribution >= 0.6 is 11.6 Å². The first-order valence-corrected chi connectivity index (χ1v) is 9.94. The Morgan fingerprint density at radius 2 is 1.85 bits per heavy atom. The van der Waals surface area contributed by atoms with Crippen LogP contribution in [0.1, 0.15) is 15.9 Å². The van der Waals surface area contributed by atoms with Crippen molar-refractivity contribution in [3.05, 3.63) is 83.3 Å². The van der Waals surface area contributed by atoms with E-state index in [1.807, 2.05) is 0 Å². The molecule has 4 rings (SSSR count). The molecule has 0 aliphatic rings. The number of nitrogen functional groups attached to an aromatic ring is 1. The van der Waals surface area contributed by atoms with Crippen LogP contribution < -0.4 is 15.8 Å². The minimum Gasteiger partial charge on any atom is -0.438 e. The lowest BCUT2D eigenvalue weighted by atomic mass is 10.1. The molecule has 2 aromatic carbocycles. The van der Waals surface area contributed by atoms with Crippen LogP contribution in [0.25, 0.3) is 11.4 Å². The molecule has 0 spiro atoms. The first kappa shape index (κ1) is 22.9. The van der Waals surface area contributed by atoms with Crippen molar-refractivity contribution in [1.29, 1.82) is 0 Å². The molecule has 2 aromatic heterocycles. The van der Waals surface area contributed by atoms with Crippen LogP contribution in [0.3, 0.4) is 0 Å². The van der Waals surface area contributed by atoms with Gasteiger partial charge in [-0.3, -0.25) is 4.79 Å². The molecule has 1 amide bonds. The summed E-state index contributed by atoms with van der Waals surface area (Å²) in [6, 6.07) is 11.8. The van der Waals surface area contributed by atoms with Crippen LogP contribution in [0.4, 0.5) is 24.8 Å². The Kier molecular flexibility index (Phi) is 6.28. The Morgan fingerprint density at radius 1 is 1.03 bits per heavy atom. The number of hydrogen-bond acceptors (Lipinski definition) is 7. The molecular formula is C22H14ClF3N6O2. The number of amides is 1. The van der Waals surface area contributed by atoms with Crippen LogP contribution in [-0.2, 0) is 6.18 Å². The second-order valence-corrected chi connectivity index (χ2v) is 7.21. The van der Waals surface area contributed by atoms with Gasteiger partial charge in [-0.2, -0.15) is 18.2 Å². The summed E-state index contributed by atoms with van der Waals surface area (Å²) in [7, 11) is 0. The van der Waals surface area contributed by atoms with E-state index in [1.54, 1.807) is 12.1 Å². The Morgan fingerprint density at radius 3 is 2.62 bits per heavy atom. The number of aromatic nitrogens is 4. The summed E-state index contributed by atoms with van der Waals surface area (Å²) in [6.45, 7) is 0. The minimum atomic E-state index is -4.58. The van der Waals surface area contributed by atoms with E-state index in [-0.39, 0.29) is 39.7 Å². The highest BCUT2D eigenvalue weighted by Crippen LogP contribution is 2.34. The fourth-order valence-corrected chi connectivity index (χ4v) is 3.05. The van der Waals surface area contributed by atoms with E-state index in [2.05, 4.69) is 25.3 Å². The molecule has 0 aliphatic heterocycles. The van der Waals surface area contributed by atoms with Crippen LogP contribution in [0, 0.1) is 0 Å². The second kappa shape index (κ2) is 9.32. The maximum atomic E-state index is 13.0. The summed E-state index contributed by atoms with van der Waals surface area (Å²) in [5.41, 5.74) is 5.06. The number of halogens is 4. The molecule has 0 fully saturated rings. The van der Waals surface area contributed by atoms with Gasteiger partial charge in [-0.1, -0.05) is 17.7 Å². The highest BCUT2D eigenvalue weighted by atomic mass is 35.5. The molecule has 0 aliphatic carbocycles. The van der Waals surface area contributed by atoms with Crippen molar-refractivity contribution >= 4 is 29.1 Å². The number of alkyl halides is 3. The average molecular weight is 487 g/mol. The molecule has 34 heavy (non-hydrogen) atoms. The van der Waals surface area contributed by atoms with Gasteiger partial charge in [-0.15, -0.1) is 0 Å². The molecule has 0 bridgehead atoms. The van der Waals surface area contributed by atoms with Gasteiger partial charge in [-0.25, -0.2) is 15.0 Å². The van der Waals surface area contributed by atoms with E-state index >= 15 is 0 Å². The van der Waals surface area contributed by atoms with Gasteiger partial charge in [0.2, 0.25) is 11.8 Å². The molecule has 8 nitrogen and oxygen atoms in total. The molecule has 0 saturated heterocycles. The Balaban J connectivity index is 1.59. The number of nitrogens with zero attached hydrogens (tertiary/aromatic N) is 4. The van der Waals surface area contributed by atoms with Crippen LogP contribution in [-0.4, -0.2) is 25.8 Å². The van der Waals surface area contributed by atoms with Gasteiger partial charge in [0.15, 0.2) is 5.82 Å². The number of pyridine rings is 1. The van der Waals surface area contributed by atoms with Gasteiger partial charge in [0.25, 0.3) is 5.91 Å². The largest absolute Gasteiger partial charge is 0.438 e. The molecule has 0 atom stereocenters. The Labute approximate surface area is 195 Å². The smallest absolute Gasteiger partial charge is 0.416 e. The lowest BCUT2D eigenvalue weighted by molar-refractivity contribution is -0.137. The predicted molar refractivity (Wildman–Crippen MR) is 118 cm³/mol. The number of carbonyl (C=O) groups is 1. The zero-order valence-electron chi connectivity index (χ0n) is 17.0. The predicted octanol–water partition coefficient (Wildman–Crippen LogP) is 5.23. The van der Waals surface area contributed by atoms with Crippen LogP contribution in [0.2, 0.25) is 5.02 Å². The average Bonchev–Trinajstić information content (AvgIpc) is 2.81. The van der Waals surface area contributed by atoms with E-state index in [1.165, 1.54) is 36.8 Å². The molecule has 12 heteroatoms. The van der Waals surface area contributed by atoms with E-state index in [4.69, 9.17) is 22.1 Å². The minimum absolute atomic E-state index is 0.0193. The van der Waals surface area contributed by atoms with Gasteiger partial charge in [0.05, 0.1) is 21.8 Å². The van der Waals surface area contributed by atoms with Crippen molar-refractivity contribution in [2.45, 2.75) is 6.18 Å². The Bertz CT molecular complexity index is 1370. The third-order valence-corrected chi connectivity index (χ3v) is 4.78. The Hall–Kier alpha value is -4.25. The highest BCUT2D eigenvalue weighted by molar-refractivity contribution is 6.34. The monoisotopic (exact) mass is 486 g/mol. The quantitative estimate of drug-likeness (QED) is 0.396. The molecular weight excluding hydrogens is 473 g/mol. The maximum absolute atomic E-state index is 13.0. The number of carbonyl (C=O) groups excluding carboxylic acids is 1. The number of benzene rings is 2. The normalized spacial score (nSPS) is 11.2. The molecule has 172 valence electrons. The van der Waals surface area contributed by atoms with Gasteiger partial charge in [0.1, 0.15) is 12.1 Å². The third-order valence-electron chi connectivity index (χ3n) is 4.46.